The van der Waals surface area contributed by atoms with E-state index >= 15 is 0 Å². The van der Waals surface area contributed by atoms with Crippen molar-refractivity contribution in [3.63, 3.8) is 0 Å². The summed E-state index contributed by atoms with van der Waals surface area (Å²) < 4.78 is 5.06. The summed E-state index contributed by atoms with van der Waals surface area (Å²) in [5.74, 6) is -0.124. The Morgan fingerprint density at radius 3 is 2.61 bits per heavy atom. The van der Waals surface area contributed by atoms with Crippen LogP contribution in [0, 0.1) is 6.92 Å². The molecule has 2 rings (SSSR count). The van der Waals surface area contributed by atoms with E-state index < -0.39 is 5.97 Å². The van der Waals surface area contributed by atoms with Gasteiger partial charge in [0.2, 0.25) is 0 Å². The average Bonchev–Trinajstić information content (AvgIpc) is 2.76. The SMILES string of the molecule is Cc1cc(CNCc2ccc(C(=O)O)cc2)on1. The summed E-state index contributed by atoms with van der Waals surface area (Å²) in [6.07, 6.45) is 0. The van der Waals surface area contributed by atoms with Gasteiger partial charge in [-0.1, -0.05) is 17.3 Å². The first kappa shape index (κ1) is 12.3. The van der Waals surface area contributed by atoms with E-state index in [9.17, 15) is 4.79 Å². The predicted octanol–water partition coefficient (Wildman–Crippen LogP) is 1.97. The van der Waals surface area contributed by atoms with Gasteiger partial charge in [0.25, 0.3) is 0 Å². The highest BCUT2D eigenvalue weighted by Crippen LogP contribution is 2.05. The Labute approximate surface area is 104 Å². The summed E-state index contributed by atoms with van der Waals surface area (Å²) in [4.78, 5) is 10.7. The Bertz CT molecular complexity index is 531. The van der Waals surface area contributed by atoms with Gasteiger partial charge in [0.05, 0.1) is 17.8 Å². The number of nitrogens with one attached hydrogen (secondary N) is 1. The molecule has 5 nitrogen and oxygen atoms in total. The Balaban J connectivity index is 1.85. The molecule has 0 saturated carbocycles. The molecule has 18 heavy (non-hydrogen) atoms. The van der Waals surface area contributed by atoms with Crippen molar-refractivity contribution >= 4 is 5.97 Å². The molecule has 0 bridgehead atoms. The van der Waals surface area contributed by atoms with E-state index in [0.29, 0.717) is 18.7 Å². The quantitative estimate of drug-likeness (QED) is 0.843. The van der Waals surface area contributed by atoms with Crippen LogP contribution in [0.3, 0.4) is 0 Å². The summed E-state index contributed by atoms with van der Waals surface area (Å²) in [6.45, 7) is 3.12. The van der Waals surface area contributed by atoms with Crippen LogP contribution in [0.4, 0.5) is 0 Å². The third kappa shape index (κ3) is 3.18. The van der Waals surface area contributed by atoms with Gasteiger partial charge in [-0.25, -0.2) is 4.79 Å². The van der Waals surface area contributed by atoms with Gasteiger partial charge in [0, 0.05) is 12.6 Å². The molecule has 0 aliphatic heterocycles. The Morgan fingerprint density at radius 1 is 1.33 bits per heavy atom. The number of carboxylic acid groups (broad SMARTS) is 1. The van der Waals surface area contributed by atoms with E-state index in [0.717, 1.165) is 17.0 Å². The van der Waals surface area contributed by atoms with E-state index in [4.69, 9.17) is 9.63 Å². The summed E-state index contributed by atoms with van der Waals surface area (Å²) in [6, 6.07) is 8.65. The van der Waals surface area contributed by atoms with Gasteiger partial charge < -0.3 is 14.9 Å². The van der Waals surface area contributed by atoms with Crippen molar-refractivity contribution < 1.29 is 14.4 Å². The second-order valence-electron chi connectivity index (χ2n) is 4.04. The summed E-state index contributed by atoms with van der Waals surface area (Å²) >= 11 is 0. The molecule has 2 N–H and O–H groups in total. The third-order valence-electron chi connectivity index (χ3n) is 2.51. The van der Waals surface area contributed by atoms with Crippen LogP contribution in [0.1, 0.15) is 27.4 Å². The van der Waals surface area contributed by atoms with Crippen LogP contribution in [-0.2, 0) is 13.1 Å². The summed E-state index contributed by atoms with van der Waals surface area (Å²) in [7, 11) is 0. The number of rotatable bonds is 5. The number of nitrogens with zero attached hydrogens (tertiary/aromatic N) is 1. The highest BCUT2D eigenvalue weighted by atomic mass is 16.5. The molecule has 1 heterocycles. The maximum Gasteiger partial charge on any atom is 0.335 e. The molecule has 0 radical (unpaired) electrons. The van der Waals surface area contributed by atoms with E-state index in [1.807, 2.05) is 13.0 Å². The Hall–Kier alpha value is -2.14. The molecule has 0 unspecified atom stereocenters. The average molecular weight is 246 g/mol. The van der Waals surface area contributed by atoms with Crippen molar-refractivity contribution in [3.05, 3.63) is 52.9 Å². The van der Waals surface area contributed by atoms with Gasteiger partial charge in [-0.05, 0) is 24.6 Å². The molecule has 0 aliphatic carbocycles. The lowest BCUT2D eigenvalue weighted by Crippen LogP contribution is -2.12. The van der Waals surface area contributed by atoms with Crippen LogP contribution in [0.2, 0.25) is 0 Å². The first-order chi connectivity index (χ1) is 8.65. The minimum atomic E-state index is -0.911. The molecule has 0 aliphatic rings. The van der Waals surface area contributed by atoms with Crippen molar-refractivity contribution in [2.24, 2.45) is 0 Å². The third-order valence-corrected chi connectivity index (χ3v) is 2.51. The number of aromatic carboxylic acids is 1. The topological polar surface area (TPSA) is 75.4 Å². The van der Waals surface area contributed by atoms with Crippen molar-refractivity contribution in [1.82, 2.24) is 10.5 Å². The van der Waals surface area contributed by atoms with Crippen molar-refractivity contribution in [3.8, 4) is 0 Å². The second kappa shape index (κ2) is 5.46. The number of aromatic nitrogens is 1. The zero-order valence-corrected chi connectivity index (χ0v) is 10.0. The molecule has 0 atom stereocenters. The van der Waals surface area contributed by atoms with Gasteiger partial charge in [-0.2, -0.15) is 0 Å². The van der Waals surface area contributed by atoms with Crippen LogP contribution in [0.25, 0.3) is 0 Å². The highest BCUT2D eigenvalue weighted by Gasteiger charge is 2.02. The molecular formula is C13H14N2O3. The molecule has 1 aromatic heterocycles. The van der Waals surface area contributed by atoms with Crippen molar-refractivity contribution in [1.29, 1.82) is 0 Å². The maximum absolute atomic E-state index is 10.7. The lowest BCUT2D eigenvalue weighted by Gasteiger charge is -2.03. The number of hydrogen-bond acceptors (Lipinski definition) is 4. The van der Waals surface area contributed by atoms with Crippen LogP contribution in [0.15, 0.2) is 34.9 Å². The minimum absolute atomic E-state index is 0.296. The van der Waals surface area contributed by atoms with Crippen molar-refractivity contribution in [2.75, 3.05) is 0 Å². The fourth-order valence-corrected chi connectivity index (χ4v) is 1.59. The van der Waals surface area contributed by atoms with Crippen molar-refractivity contribution in [2.45, 2.75) is 20.0 Å². The molecule has 1 aromatic carbocycles. The lowest BCUT2D eigenvalue weighted by molar-refractivity contribution is 0.0697. The number of benzene rings is 1. The molecule has 5 heteroatoms. The Morgan fingerprint density at radius 2 is 2.06 bits per heavy atom. The van der Waals surface area contributed by atoms with Crippen LogP contribution in [0.5, 0.6) is 0 Å². The van der Waals surface area contributed by atoms with Crippen LogP contribution in [-0.4, -0.2) is 16.2 Å². The van der Waals surface area contributed by atoms with Gasteiger partial charge in [-0.3, -0.25) is 0 Å². The normalized spacial score (nSPS) is 10.5. The van der Waals surface area contributed by atoms with E-state index in [1.165, 1.54) is 0 Å². The standard InChI is InChI=1S/C13H14N2O3/c1-9-6-12(18-15-9)8-14-7-10-2-4-11(5-3-10)13(16)17/h2-6,14H,7-8H2,1H3,(H,16,17). The predicted molar refractivity (Wildman–Crippen MR) is 65.2 cm³/mol. The fraction of sp³-hybridized carbons (Fsp3) is 0.231. The van der Waals surface area contributed by atoms with E-state index in [2.05, 4.69) is 10.5 Å². The number of carboxylic acids is 1. The number of aryl methyl sites for hydroxylation is 1. The molecule has 0 amide bonds. The molecule has 0 spiro atoms. The summed E-state index contributed by atoms with van der Waals surface area (Å²) in [5, 5.41) is 15.8. The second-order valence-corrected chi connectivity index (χ2v) is 4.04. The van der Waals surface area contributed by atoms with Gasteiger partial charge in [0.1, 0.15) is 0 Å². The van der Waals surface area contributed by atoms with Crippen LogP contribution >= 0.6 is 0 Å². The highest BCUT2D eigenvalue weighted by molar-refractivity contribution is 5.87. The number of hydrogen-bond donors (Lipinski definition) is 2. The summed E-state index contributed by atoms with van der Waals surface area (Å²) in [5.41, 5.74) is 2.18. The first-order valence-electron chi connectivity index (χ1n) is 5.60. The first-order valence-corrected chi connectivity index (χ1v) is 5.60. The number of carbonyl (C=O) groups is 1. The van der Waals surface area contributed by atoms with Gasteiger partial charge in [-0.15, -0.1) is 0 Å². The van der Waals surface area contributed by atoms with E-state index in [1.54, 1.807) is 24.3 Å². The Kier molecular flexibility index (Phi) is 3.74. The maximum atomic E-state index is 10.7. The van der Waals surface area contributed by atoms with Gasteiger partial charge >= 0.3 is 5.97 Å². The monoisotopic (exact) mass is 246 g/mol. The zero-order chi connectivity index (χ0) is 13.0. The molecule has 0 saturated heterocycles. The molecular weight excluding hydrogens is 232 g/mol. The largest absolute Gasteiger partial charge is 0.478 e. The minimum Gasteiger partial charge on any atom is -0.478 e. The molecule has 2 aromatic rings. The molecule has 0 fully saturated rings. The molecule has 94 valence electrons. The lowest BCUT2D eigenvalue weighted by atomic mass is 10.1. The van der Waals surface area contributed by atoms with Crippen LogP contribution < -0.4 is 5.32 Å². The van der Waals surface area contributed by atoms with E-state index in [-0.39, 0.29) is 0 Å². The van der Waals surface area contributed by atoms with Gasteiger partial charge in [0.15, 0.2) is 5.76 Å². The smallest absolute Gasteiger partial charge is 0.335 e. The fourth-order valence-electron chi connectivity index (χ4n) is 1.59. The zero-order valence-electron chi connectivity index (χ0n) is 10.0.